The first-order chi connectivity index (χ1) is 16.4. The van der Waals surface area contributed by atoms with Gasteiger partial charge in [-0.05, 0) is 22.9 Å². The second-order valence-electron chi connectivity index (χ2n) is 8.10. The predicted octanol–water partition coefficient (Wildman–Crippen LogP) is 8.03. The quantitative estimate of drug-likeness (QED) is 0.281. The van der Waals surface area contributed by atoms with Gasteiger partial charge in [-0.15, -0.1) is 0 Å². The summed E-state index contributed by atoms with van der Waals surface area (Å²) >= 11 is 0. The third kappa shape index (κ3) is 3.52. The fourth-order valence-corrected chi connectivity index (χ4v) is 4.43. The third-order valence-electron chi connectivity index (χ3n) is 6.00. The van der Waals surface area contributed by atoms with E-state index in [4.69, 9.17) is 4.98 Å². The molecular weight excluding hydrogens is 400 g/mol. The fraction of sp³-hybridized carbons (Fsp3) is 0. The molecule has 5 aromatic carbocycles. The van der Waals surface area contributed by atoms with Gasteiger partial charge in [-0.3, -0.25) is 4.57 Å². The summed E-state index contributed by atoms with van der Waals surface area (Å²) in [6.45, 7) is 0. The van der Waals surface area contributed by atoms with E-state index in [1.54, 1.807) is 0 Å². The zero-order chi connectivity index (χ0) is 22.0. The van der Waals surface area contributed by atoms with Gasteiger partial charge in [-0.2, -0.15) is 0 Å². The van der Waals surface area contributed by atoms with E-state index in [1.807, 2.05) is 12.1 Å². The van der Waals surface area contributed by atoms with Crippen molar-refractivity contribution >= 4 is 10.8 Å². The second-order valence-corrected chi connectivity index (χ2v) is 8.10. The lowest BCUT2D eigenvalue weighted by atomic mass is 10.0. The van der Waals surface area contributed by atoms with Gasteiger partial charge in [-0.25, -0.2) is 4.98 Å². The molecule has 0 atom stereocenters. The van der Waals surface area contributed by atoms with Crippen LogP contribution in [0.15, 0.2) is 133 Å². The van der Waals surface area contributed by atoms with E-state index < -0.39 is 0 Å². The van der Waals surface area contributed by atoms with E-state index in [9.17, 15) is 0 Å². The van der Waals surface area contributed by atoms with Gasteiger partial charge >= 0.3 is 0 Å². The van der Waals surface area contributed by atoms with Crippen LogP contribution in [-0.2, 0) is 0 Å². The Morgan fingerprint density at radius 2 is 1.00 bits per heavy atom. The predicted molar refractivity (Wildman–Crippen MR) is 137 cm³/mol. The number of hydrogen-bond acceptors (Lipinski definition) is 1. The zero-order valence-electron chi connectivity index (χ0n) is 18.1. The van der Waals surface area contributed by atoms with Gasteiger partial charge < -0.3 is 0 Å². The third-order valence-corrected chi connectivity index (χ3v) is 6.00. The second kappa shape index (κ2) is 8.25. The lowest BCUT2D eigenvalue weighted by Gasteiger charge is -2.14. The molecule has 0 aliphatic rings. The number of fused-ring (bicyclic) bond motifs is 1. The van der Waals surface area contributed by atoms with E-state index in [2.05, 4.69) is 126 Å². The molecule has 33 heavy (non-hydrogen) atoms. The monoisotopic (exact) mass is 422 g/mol. The molecule has 1 heterocycles. The maximum atomic E-state index is 5.25. The molecule has 2 heteroatoms. The highest BCUT2D eigenvalue weighted by atomic mass is 15.1. The van der Waals surface area contributed by atoms with Crippen molar-refractivity contribution < 1.29 is 0 Å². The summed E-state index contributed by atoms with van der Waals surface area (Å²) in [7, 11) is 0. The average Bonchev–Trinajstić information content (AvgIpc) is 3.31. The molecule has 0 N–H and O–H groups in total. The summed E-state index contributed by atoms with van der Waals surface area (Å²) < 4.78 is 2.30. The van der Waals surface area contributed by atoms with Crippen molar-refractivity contribution in [3.05, 3.63) is 133 Å². The largest absolute Gasteiger partial charge is 0.292 e. The molecule has 0 radical (unpaired) electrons. The smallest absolute Gasteiger partial charge is 0.145 e. The minimum Gasteiger partial charge on any atom is -0.292 e. The van der Waals surface area contributed by atoms with Crippen LogP contribution < -0.4 is 0 Å². The van der Waals surface area contributed by atoms with Crippen LogP contribution in [0.2, 0.25) is 0 Å². The minimum absolute atomic E-state index is 0.934. The summed E-state index contributed by atoms with van der Waals surface area (Å²) in [6.07, 6.45) is 0. The molecule has 0 aliphatic carbocycles. The van der Waals surface area contributed by atoms with Crippen molar-refractivity contribution in [1.29, 1.82) is 0 Å². The lowest BCUT2D eigenvalue weighted by Crippen LogP contribution is -2.00. The molecule has 156 valence electrons. The molecule has 6 rings (SSSR count). The van der Waals surface area contributed by atoms with E-state index in [0.29, 0.717) is 0 Å². The highest BCUT2D eigenvalue weighted by Crippen LogP contribution is 2.38. The van der Waals surface area contributed by atoms with Crippen molar-refractivity contribution in [2.24, 2.45) is 0 Å². The molecule has 0 bridgehead atoms. The number of benzene rings is 5. The Labute approximate surface area is 193 Å². The topological polar surface area (TPSA) is 17.8 Å². The number of hydrogen-bond donors (Lipinski definition) is 0. The van der Waals surface area contributed by atoms with Crippen LogP contribution in [0.3, 0.4) is 0 Å². The molecular formula is C31H22N2. The molecule has 0 spiro atoms. The zero-order valence-corrected chi connectivity index (χ0v) is 18.1. The Kier molecular flexibility index (Phi) is 4.82. The Morgan fingerprint density at radius 1 is 0.455 bits per heavy atom. The molecule has 6 aromatic rings. The van der Waals surface area contributed by atoms with Crippen LogP contribution in [0.25, 0.3) is 50.4 Å². The standard InChI is InChI=1S/C31H22N2/c1-4-13-24(14-5-1)29-30(25-15-6-2-7-16-25)33(31(32-29)26-17-8-3-9-18-26)28-21-20-23-12-10-11-19-27(23)22-28/h1-22H. The highest BCUT2D eigenvalue weighted by molar-refractivity contribution is 5.88. The Morgan fingerprint density at radius 3 is 1.67 bits per heavy atom. The SMILES string of the molecule is c1ccc(-c2nc(-c3ccccc3)n(-c3ccc4ccccc4c3)c2-c2ccccc2)cc1. The number of aromatic nitrogens is 2. The van der Waals surface area contributed by atoms with E-state index in [-0.39, 0.29) is 0 Å². The summed E-state index contributed by atoms with van der Waals surface area (Å²) in [6, 6.07) is 46.6. The van der Waals surface area contributed by atoms with Crippen molar-refractivity contribution in [3.8, 4) is 39.6 Å². The Hall–Kier alpha value is -4.43. The first kappa shape index (κ1) is 19.3. The van der Waals surface area contributed by atoms with Gasteiger partial charge in [0.25, 0.3) is 0 Å². The summed E-state index contributed by atoms with van der Waals surface area (Å²) in [5.74, 6) is 0.934. The highest BCUT2D eigenvalue weighted by Gasteiger charge is 2.22. The average molecular weight is 423 g/mol. The number of nitrogens with zero attached hydrogens (tertiary/aromatic N) is 2. The van der Waals surface area contributed by atoms with Gasteiger partial charge in [0.2, 0.25) is 0 Å². The van der Waals surface area contributed by atoms with Crippen molar-refractivity contribution in [2.75, 3.05) is 0 Å². The van der Waals surface area contributed by atoms with E-state index in [1.165, 1.54) is 10.8 Å². The van der Waals surface area contributed by atoms with Crippen LogP contribution in [0, 0.1) is 0 Å². The van der Waals surface area contributed by atoms with Crippen LogP contribution in [0.4, 0.5) is 0 Å². The van der Waals surface area contributed by atoms with Crippen molar-refractivity contribution in [2.45, 2.75) is 0 Å². The molecule has 0 aliphatic heterocycles. The number of rotatable bonds is 4. The molecule has 0 amide bonds. The maximum Gasteiger partial charge on any atom is 0.145 e. The maximum absolute atomic E-state index is 5.25. The van der Waals surface area contributed by atoms with Crippen LogP contribution >= 0.6 is 0 Å². The van der Waals surface area contributed by atoms with Crippen LogP contribution in [0.5, 0.6) is 0 Å². The van der Waals surface area contributed by atoms with Gasteiger partial charge in [0.05, 0.1) is 11.4 Å². The van der Waals surface area contributed by atoms with Gasteiger partial charge in [0.15, 0.2) is 0 Å². The van der Waals surface area contributed by atoms with Gasteiger partial charge in [0.1, 0.15) is 5.82 Å². The minimum atomic E-state index is 0.934. The van der Waals surface area contributed by atoms with Crippen LogP contribution in [0.1, 0.15) is 0 Å². The Bertz CT molecular complexity index is 1530. The molecule has 2 nitrogen and oxygen atoms in total. The van der Waals surface area contributed by atoms with Crippen molar-refractivity contribution in [3.63, 3.8) is 0 Å². The van der Waals surface area contributed by atoms with E-state index in [0.717, 1.165) is 39.6 Å². The Balaban J connectivity index is 1.72. The first-order valence-corrected chi connectivity index (χ1v) is 11.2. The lowest BCUT2D eigenvalue weighted by molar-refractivity contribution is 1.08. The molecule has 0 saturated carbocycles. The summed E-state index contributed by atoms with van der Waals surface area (Å²) in [4.78, 5) is 5.25. The fourth-order valence-electron chi connectivity index (χ4n) is 4.43. The summed E-state index contributed by atoms with van der Waals surface area (Å²) in [5.41, 5.74) is 6.50. The van der Waals surface area contributed by atoms with Crippen LogP contribution in [-0.4, -0.2) is 9.55 Å². The summed E-state index contributed by atoms with van der Waals surface area (Å²) in [5, 5.41) is 2.44. The number of imidazole rings is 1. The van der Waals surface area contributed by atoms with Gasteiger partial charge in [-0.1, -0.05) is 121 Å². The molecule has 1 aromatic heterocycles. The van der Waals surface area contributed by atoms with Gasteiger partial charge in [0, 0.05) is 22.4 Å². The molecule has 0 unspecified atom stereocenters. The molecule has 0 saturated heterocycles. The van der Waals surface area contributed by atoms with Crippen molar-refractivity contribution in [1.82, 2.24) is 9.55 Å². The first-order valence-electron chi connectivity index (χ1n) is 11.2. The van der Waals surface area contributed by atoms with E-state index >= 15 is 0 Å². The normalized spacial score (nSPS) is 11.0. The molecule has 0 fully saturated rings.